The number of ether oxygens (including phenoxy) is 2. The van der Waals surface area contributed by atoms with Crippen molar-refractivity contribution < 1.29 is 14.3 Å². The molecule has 1 aromatic carbocycles. The number of amides is 2. The first-order chi connectivity index (χ1) is 12.2. The van der Waals surface area contributed by atoms with Crippen molar-refractivity contribution in [2.45, 2.75) is 25.4 Å². The van der Waals surface area contributed by atoms with Gasteiger partial charge >= 0.3 is 6.03 Å². The van der Waals surface area contributed by atoms with Crippen LogP contribution in [0.25, 0.3) is 0 Å². The number of para-hydroxylation sites is 2. The molecule has 1 aromatic heterocycles. The number of rotatable bonds is 7. The Hall–Kier alpha value is -2.39. The second kappa shape index (κ2) is 8.63. The third-order valence-corrected chi connectivity index (χ3v) is 4.50. The SMILES string of the molecule is Nc1nnc(CCNC(=O)Nc2ccccc2OC[C@@H]2CCCO2)s1. The Kier molecular flexibility index (Phi) is 6.02. The van der Waals surface area contributed by atoms with Crippen molar-refractivity contribution in [3.05, 3.63) is 29.3 Å². The van der Waals surface area contributed by atoms with Crippen LogP contribution in [0.5, 0.6) is 5.75 Å². The lowest BCUT2D eigenvalue weighted by atomic mass is 10.2. The Labute approximate surface area is 149 Å². The minimum Gasteiger partial charge on any atom is -0.489 e. The average Bonchev–Trinajstić information content (AvgIpc) is 3.26. The highest BCUT2D eigenvalue weighted by molar-refractivity contribution is 7.15. The molecule has 0 unspecified atom stereocenters. The molecule has 3 rings (SSSR count). The van der Waals surface area contributed by atoms with Crippen LogP contribution in [0.15, 0.2) is 24.3 Å². The summed E-state index contributed by atoms with van der Waals surface area (Å²) in [5.41, 5.74) is 6.15. The Morgan fingerprint density at radius 2 is 2.28 bits per heavy atom. The van der Waals surface area contributed by atoms with Crippen LogP contribution in [0, 0.1) is 0 Å². The Morgan fingerprint density at radius 1 is 1.40 bits per heavy atom. The summed E-state index contributed by atoms with van der Waals surface area (Å²) in [6.07, 6.45) is 2.78. The molecule has 1 fully saturated rings. The first-order valence-electron chi connectivity index (χ1n) is 8.17. The van der Waals surface area contributed by atoms with Gasteiger partial charge in [-0.15, -0.1) is 10.2 Å². The van der Waals surface area contributed by atoms with Crippen molar-refractivity contribution in [2.24, 2.45) is 0 Å². The molecule has 0 saturated carbocycles. The largest absolute Gasteiger partial charge is 0.489 e. The second-order valence-electron chi connectivity index (χ2n) is 5.61. The molecule has 8 nitrogen and oxygen atoms in total. The van der Waals surface area contributed by atoms with Gasteiger partial charge < -0.3 is 25.8 Å². The maximum absolute atomic E-state index is 12.1. The van der Waals surface area contributed by atoms with Crippen LogP contribution < -0.4 is 21.1 Å². The van der Waals surface area contributed by atoms with Gasteiger partial charge in [0, 0.05) is 19.6 Å². The number of hydrogen-bond donors (Lipinski definition) is 3. The van der Waals surface area contributed by atoms with Gasteiger partial charge in [0.05, 0.1) is 11.8 Å². The number of nitrogen functional groups attached to an aromatic ring is 1. The minimum absolute atomic E-state index is 0.126. The molecular formula is C16H21N5O3S. The summed E-state index contributed by atoms with van der Waals surface area (Å²) in [7, 11) is 0. The lowest BCUT2D eigenvalue weighted by Crippen LogP contribution is -2.30. The fourth-order valence-electron chi connectivity index (χ4n) is 2.47. The van der Waals surface area contributed by atoms with Crippen molar-refractivity contribution in [2.75, 3.05) is 30.8 Å². The lowest BCUT2D eigenvalue weighted by molar-refractivity contribution is 0.0682. The van der Waals surface area contributed by atoms with Gasteiger partial charge in [-0.2, -0.15) is 0 Å². The molecule has 9 heteroatoms. The predicted octanol–water partition coefficient (Wildman–Crippen LogP) is 2.04. The molecule has 4 N–H and O–H groups in total. The highest BCUT2D eigenvalue weighted by atomic mass is 32.1. The fraction of sp³-hybridized carbons (Fsp3) is 0.438. The van der Waals surface area contributed by atoms with Crippen molar-refractivity contribution in [1.82, 2.24) is 15.5 Å². The molecule has 0 radical (unpaired) electrons. The van der Waals surface area contributed by atoms with Crippen LogP contribution in [-0.2, 0) is 11.2 Å². The lowest BCUT2D eigenvalue weighted by Gasteiger charge is -2.15. The van der Waals surface area contributed by atoms with Gasteiger partial charge in [-0.25, -0.2) is 4.79 Å². The molecule has 1 aliphatic rings. The van der Waals surface area contributed by atoms with E-state index < -0.39 is 0 Å². The summed E-state index contributed by atoms with van der Waals surface area (Å²) in [6, 6.07) is 7.04. The molecule has 134 valence electrons. The van der Waals surface area contributed by atoms with Gasteiger partial charge in [0.25, 0.3) is 0 Å². The molecular weight excluding hydrogens is 342 g/mol. The highest BCUT2D eigenvalue weighted by Crippen LogP contribution is 2.25. The standard InChI is InChI=1S/C16H21N5O3S/c17-15-21-20-14(25-15)7-8-18-16(22)19-12-5-1-2-6-13(12)24-10-11-4-3-9-23-11/h1-2,5-6,11H,3-4,7-10H2,(H2,17,21)(H2,18,19,22)/t11-/m0/s1. The number of hydrogen-bond acceptors (Lipinski definition) is 7. The number of carbonyl (C=O) groups is 1. The monoisotopic (exact) mass is 363 g/mol. The van der Waals surface area contributed by atoms with Gasteiger partial charge in [-0.3, -0.25) is 0 Å². The van der Waals surface area contributed by atoms with E-state index >= 15 is 0 Å². The van der Waals surface area contributed by atoms with Crippen molar-refractivity contribution in [1.29, 1.82) is 0 Å². The van der Waals surface area contributed by atoms with Gasteiger partial charge in [0.1, 0.15) is 17.4 Å². The zero-order valence-corrected chi connectivity index (χ0v) is 14.6. The van der Waals surface area contributed by atoms with E-state index in [2.05, 4.69) is 20.8 Å². The number of carbonyl (C=O) groups excluding carboxylic acids is 1. The van der Waals surface area contributed by atoms with Crippen LogP contribution in [0.1, 0.15) is 17.8 Å². The first-order valence-corrected chi connectivity index (χ1v) is 8.98. The molecule has 1 atom stereocenters. The van der Waals surface area contributed by atoms with Gasteiger partial charge in [0.15, 0.2) is 0 Å². The normalized spacial score (nSPS) is 16.6. The molecule has 0 spiro atoms. The van der Waals surface area contributed by atoms with Gasteiger partial charge in [-0.05, 0) is 25.0 Å². The van der Waals surface area contributed by atoms with Gasteiger partial charge in [0.2, 0.25) is 5.13 Å². The molecule has 1 aliphatic heterocycles. The number of urea groups is 1. The van der Waals surface area contributed by atoms with E-state index in [0.717, 1.165) is 24.5 Å². The van der Waals surface area contributed by atoms with E-state index in [4.69, 9.17) is 15.2 Å². The average molecular weight is 363 g/mol. The Morgan fingerprint density at radius 3 is 3.04 bits per heavy atom. The molecule has 0 bridgehead atoms. The van der Waals surface area contributed by atoms with Crippen LogP contribution in [0.4, 0.5) is 15.6 Å². The van der Waals surface area contributed by atoms with Crippen molar-refractivity contribution in [3.8, 4) is 5.75 Å². The van der Waals surface area contributed by atoms with E-state index in [0.29, 0.717) is 36.1 Å². The van der Waals surface area contributed by atoms with E-state index in [1.807, 2.05) is 18.2 Å². The number of anilines is 2. The maximum atomic E-state index is 12.1. The smallest absolute Gasteiger partial charge is 0.319 e. The number of benzene rings is 1. The van der Waals surface area contributed by atoms with Crippen LogP contribution >= 0.6 is 11.3 Å². The predicted molar refractivity (Wildman–Crippen MR) is 96.0 cm³/mol. The zero-order valence-electron chi connectivity index (χ0n) is 13.7. The van der Waals surface area contributed by atoms with Crippen molar-refractivity contribution in [3.63, 3.8) is 0 Å². The summed E-state index contributed by atoms with van der Waals surface area (Å²) in [4.78, 5) is 12.1. The number of aromatic nitrogens is 2. The third kappa shape index (κ3) is 5.30. The molecule has 1 saturated heterocycles. The van der Waals surface area contributed by atoms with E-state index in [-0.39, 0.29) is 12.1 Å². The number of nitrogens with zero attached hydrogens (tertiary/aromatic N) is 2. The highest BCUT2D eigenvalue weighted by Gasteiger charge is 2.17. The minimum atomic E-state index is -0.300. The summed E-state index contributed by atoms with van der Waals surface area (Å²) >= 11 is 1.32. The van der Waals surface area contributed by atoms with Crippen LogP contribution in [0.3, 0.4) is 0 Å². The summed E-state index contributed by atoms with van der Waals surface area (Å²) in [6.45, 7) is 1.72. The van der Waals surface area contributed by atoms with E-state index in [1.54, 1.807) is 6.07 Å². The van der Waals surface area contributed by atoms with E-state index in [9.17, 15) is 4.79 Å². The topological polar surface area (TPSA) is 111 Å². The van der Waals surface area contributed by atoms with Gasteiger partial charge in [-0.1, -0.05) is 23.5 Å². The first kappa shape index (κ1) is 17.4. The number of nitrogens with one attached hydrogen (secondary N) is 2. The number of nitrogens with two attached hydrogens (primary N) is 1. The molecule has 2 aromatic rings. The zero-order chi connectivity index (χ0) is 17.5. The van der Waals surface area contributed by atoms with Crippen LogP contribution in [0.2, 0.25) is 0 Å². The van der Waals surface area contributed by atoms with Crippen molar-refractivity contribution >= 4 is 28.2 Å². The maximum Gasteiger partial charge on any atom is 0.319 e. The van der Waals surface area contributed by atoms with Crippen LogP contribution in [-0.4, -0.2) is 42.1 Å². The summed E-state index contributed by atoms with van der Waals surface area (Å²) < 4.78 is 11.3. The summed E-state index contributed by atoms with van der Waals surface area (Å²) in [5, 5.41) is 14.5. The Balaban J connectivity index is 1.46. The molecule has 2 heterocycles. The molecule has 0 aliphatic carbocycles. The fourth-order valence-corrected chi connectivity index (χ4v) is 3.08. The summed E-state index contributed by atoms with van der Waals surface area (Å²) in [5.74, 6) is 0.630. The Bertz CT molecular complexity index is 703. The van der Waals surface area contributed by atoms with E-state index in [1.165, 1.54) is 11.3 Å². The molecule has 2 amide bonds. The quantitative estimate of drug-likeness (QED) is 0.694. The molecule has 25 heavy (non-hydrogen) atoms. The third-order valence-electron chi connectivity index (χ3n) is 3.69. The second-order valence-corrected chi connectivity index (χ2v) is 6.70.